The zero-order valence-corrected chi connectivity index (χ0v) is 14.9. The zero-order chi connectivity index (χ0) is 16.2. The van der Waals surface area contributed by atoms with Crippen LogP contribution in [0.5, 0.6) is 0 Å². The van der Waals surface area contributed by atoms with Crippen molar-refractivity contribution in [2.45, 2.75) is 85.5 Å². The van der Waals surface area contributed by atoms with Gasteiger partial charge >= 0.3 is 0 Å². The summed E-state index contributed by atoms with van der Waals surface area (Å²) >= 11 is 0. The third kappa shape index (κ3) is 4.98. The van der Waals surface area contributed by atoms with E-state index in [2.05, 4.69) is 53.7 Å². The summed E-state index contributed by atoms with van der Waals surface area (Å²) in [5, 5.41) is 0. The van der Waals surface area contributed by atoms with Crippen LogP contribution in [0.4, 0.5) is 0 Å². The first-order valence-corrected chi connectivity index (χ1v) is 8.40. The summed E-state index contributed by atoms with van der Waals surface area (Å²) in [5.74, 6) is 1.93. The molecule has 0 aromatic heterocycles. The van der Waals surface area contributed by atoms with Crippen LogP contribution in [0.3, 0.4) is 0 Å². The average Bonchev–Trinajstić information content (AvgIpc) is 2.37. The van der Waals surface area contributed by atoms with E-state index in [1.807, 2.05) is 0 Å². The Balaban J connectivity index is 3.25. The predicted octanol–water partition coefficient (Wildman–Crippen LogP) is 5.97. The van der Waals surface area contributed by atoms with Gasteiger partial charge in [-0.05, 0) is 59.8 Å². The highest BCUT2D eigenvalue weighted by Crippen LogP contribution is 2.33. The highest BCUT2D eigenvalue weighted by molar-refractivity contribution is 5.75. The van der Waals surface area contributed by atoms with Crippen molar-refractivity contribution in [3.05, 3.63) is 34.4 Å². The number of Topliss-reactive ketones (excluding diaryl/α,β-unsaturated/α-hetero) is 1. The second kappa shape index (κ2) is 7.77. The molecule has 0 radical (unpaired) electrons. The second-order valence-electron chi connectivity index (χ2n) is 7.20. The molecule has 0 bridgehead atoms. The minimum atomic E-state index is 0.297. The molecule has 1 rings (SSSR count). The molecule has 21 heavy (non-hydrogen) atoms. The van der Waals surface area contributed by atoms with Crippen LogP contribution in [0.15, 0.2) is 12.1 Å². The van der Waals surface area contributed by atoms with Gasteiger partial charge in [0.05, 0.1) is 0 Å². The van der Waals surface area contributed by atoms with Crippen molar-refractivity contribution in [3.8, 4) is 0 Å². The van der Waals surface area contributed by atoms with E-state index in [4.69, 9.17) is 0 Å². The van der Waals surface area contributed by atoms with Crippen LogP contribution in [0, 0.1) is 0 Å². The maximum atomic E-state index is 11.2. The number of carbonyl (C=O) groups is 1. The monoisotopic (exact) mass is 288 g/mol. The van der Waals surface area contributed by atoms with Crippen LogP contribution in [-0.4, -0.2) is 5.78 Å². The third-order valence-corrected chi connectivity index (χ3v) is 4.21. The van der Waals surface area contributed by atoms with Gasteiger partial charge in [0, 0.05) is 6.42 Å². The van der Waals surface area contributed by atoms with Crippen LogP contribution < -0.4 is 0 Å². The van der Waals surface area contributed by atoms with E-state index >= 15 is 0 Å². The lowest BCUT2D eigenvalue weighted by Gasteiger charge is -2.23. The van der Waals surface area contributed by atoms with Crippen molar-refractivity contribution >= 4 is 5.78 Å². The fourth-order valence-electron chi connectivity index (χ4n) is 2.91. The molecular weight excluding hydrogens is 256 g/mol. The number of benzene rings is 1. The van der Waals surface area contributed by atoms with Crippen LogP contribution in [0.25, 0.3) is 0 Å². The maximum absolute atomic E-state index is 11.2. The van der Waals surface area contributed by atoms with E-state index in [-0.39, 0.29) is 0 Å². The second-order valence-corrected chi connectivity index (χ2v) is 7.20. The molecule has 1 aromatic rings. The van der Waals surface area contributed by atoms with Crippen molar-refractivity contribution in [3.63, 3.8) is 0 Å². The van der Waals surface area contributed by atoms with Gasteiger partial charge in [-0.1, -0.05) is 53.7 Å². The Kier molecular flexibility index (Phi) is 6.64. The Bertz CT molecular complexity index is 452. The smallest absolute Gasteiger partial charge is 0.129 e. The molecule has 0 aliphatic carbocycles. The topological polar surface area (TPSA) is 17.1 Å². The van der Waals surface area contributed by atoms with Crippen molar-refractivity contribution in [2.75, 3.05) is 0 Å². The predicted molar refractivity (Wildman–Crippen MR) is 92.3 cm³/mol. The van der Waals surface area contributed by atoms with Crippen molar-refractivity contribution < 1.29 is 4.79 Å². The first-order chi connectivity index (χ1) is 9.73. The summed E-state index contributed by atoms with van der Waals surface area (Å²) in [5.41, 5.74) is 5.89. The zero-order valence-electron chi connectivity index (χ0n) is 14.9. The lowest BCUT2D eigenvalue weighted by molar-refractivity contribution is -0.117. The molecule has 0 spiro atoms. The third-order valence-electron chi connectivity index (χ3n) is 4.21. The average molecular weight is 288 g/mol. The molecule has 0 saturated carbocycles. The lowest BCUT2D eigenvalue weighted by Crippen LogP contribution is -2.07. The Labute approximate surface area is 131 Å². The Hall–Kier alpha value is -1.11. The highest BCUT2D eigenvalue weighted by Gasteiger charge is 2.16. The molecule has 1 heteroatoms. The largest absolute Gasteiger partial charge is 0.300 e. The van der Waals surface area contributed by atoms with Crippen molar-refractivity contribution in [2.24, 2.45) is 0 Å². The minimum Gasteiger partial charge on any atom is -0.300 e. The van der Waals surface area contributed by atoms with E-state index in [9.17, 15) is 4.79 Å². The molecule has 0 N–H and O–H groups in total. The molecule has 0 unspecified atom stereocenters. The highest BCUT2D eigenvalue weighted by atomic mass is 16.1. The molecule has 118 valence electrons. The molecule has 0 fully saturated rings. The molecular formula is C20H32O. The summed E-state index contributed by atoms with van der Waals surface area (Å²) < 4.78 is 0. The van der Waals surface area contributed by atoms with Gasteiger partial charge in [-0.2, -0.15) is 0 Å². The van der Waals surface area contributed by atoms with Gasteiger partial charge in [0.25, 0.3) is 0 Å². The first kappa shape index (κ1) is 17.9. The number of rotatable bonds is 7. The quantitative estimate of drug-likeness (QED) is 0.604. The van der Waals surface area contributed by atoms with E-state index in [0.29, 0.717) is 30.0 Å². The van der Waals surface area contributed by atoms with Gasteiger partial charge in [-0.15, -0.1) is 0 Å². The molecule has 0 aliphatic rings. The number of carbonyl (C=O) groups excluding carboxylic acids is 1. The molecule has 0 saturated heterocycles. The first-order valence-electron chi connectivity index (χ1n) is 8.40. The minimum absolute atomic E-state index is 0.297. The maximum Gasteiger partial charge on any atom is 0.129 e. The van der Waals surface area contributed by atoms with Crippen LogP contribution in [0.1, 0.15) is 101 Å². The summed E-state index contributed by atoms with van der Waals surface area (Å²) in [7, 11) is 0. The van der Waals surface area contributed by atoms with E-state index in [0.717, 1.165) is 12.8 Å². The fourth-order valence-corrected chi connectivity index (χ4v) is 2.91. The number of ketones is 1. The molecule has 0 amide bonds. The number of hydrogen-bond donors (Lipinski definition) is 0. The summed E-state index contributed by atoms with van der Waals surface area (Å²) in [4.78, 5) is 11.2. The van der Waals surface area contributed by atoms with Gasteiger partial charge in [0.1, 0.15) is 5.78 Å². The molecule has 0 atom stereocenters. The summed E-state index contributed by atoms with van der Waals surface area (Å²) in [6.07, 6.45) is 2.69. The van der Waals surface area contributed by atoms with Gasteiger partial charge in [-0.25, -0.2) is 0 Å². The normalized spacial score (nSPS) is 11.7. The molecule has 1 aromatic carbocycles. The standard InChI is InChI=1S/C20H32O/c1-13(2)17-11-19(14(3)4)18(10-8-9-16(7)21)20(12-17)15(5)6/h11-15H,8-10H2,1-7H3. The van der Waals surface area contributed by atoms with Crippen molar-refractivity contribution in [1.82, 2.24) is 0 Å². The molecule has 0 heterocycles. The van der Waals surface area contributed by atoms with Gasteiger partial charge in [-0.3, -0.25) is 0 Å². The van der Waals surface area contributed by atoms with Crippen LogP contribution in [-0.2, 0) is 11.2 Å². The van der Waals surface area contributed by atoms with Crippen molar-refractivity contribution in [1.29, 1.82) is 0 Å². The number of hydrogen-bond acceptors (Lipinski definition) is 1. The van der Waals surface area contributed by atoms with E-state index < -0.39 is 0 Å². The SMILES string of the molecule is CC(=O)CCCc1c(C(C)C)cc(C(C)C)cc1C(C)C. The van der Waals surface area contributed by atoms with Gasteiger partial charge < -0.3 is 4.79 Å². The fraction of sp³-hybridized carbons (Fsp3) is 0.650. The molecule has 0 aliphatic heterocycles. The lowest BCUT2D eigenvalue weighted by atomic mass is 9.82. The van der Waals surface area contributed by atoms with E-state index in [1.165, 1.54) is 22.3 Å². The van der Waals surface area contributed by atoms with Gasteiger partial charge in [0.15, 0.2) is 0 Å². The van der Waals surface area contributed by atoms with Crippen LogP contribution in [0.2, 0.25) is 0 Å². The summed E-state index contributed by atoms with van der Waals surface area (Å²) in [6, 6.07) is 4.79. The Morgan fingerprint density at radius 1 is 0.905 bits per heavy atom. The van der Waals surface area contributed by atoms with Crippen LogP contribution >= 0.6 is 0 Å². The Morgan fingerprint density at radius 3 is 1.71 bits per heavy atom. The summed E-state index contributed by atoms with van der Waals surface area (Å²) in [6.45, 7) is 15.3. The Morgan fingerprint density at radius 2 is 1.38 bits per heavy atom. The molecule has 1 nitrogen and oxygen atoms in total. The van der Waals surface area contributed by atoms with E-state index in [1.54, 1.807) is 6.92 Å². The van der Waals surface area contributed by atoms with Gasteiger partial charge in [0.2, 0.25) is 0 Å².